The Morgan fingerprint density at radius 1 is 1.12 bits per heavy atom. The third-order valence-electron chi connectivity index (χ3n) is 10.0. The maximum absolute atomic E-state index is 13.8. The lowest BCUT2D eigenvalue weighted by molar-refractivity contribution is -0.232. The fourth-order valence-electron chi connectivity index (χ4n) is 6.99. The summed E-state index contributed by atoms with van der Waals surface area (Å²) in [5.41, 5.74) is -5.78. The van der Waals surface area contributed by atoms with E-state index in [1.807, 2.05) is 39.8 Å². The summed E-state index contributed by atoms with van der Waals surface area (Å²) in [5, 5.41) is 32.8. The molecule has 0 spiro atoms. The molecular formula is C34H58O7. The van der Waals surface area contributed by atoms with E-state index >= 15 is 0 Å². The van der Waals surface area contributed by atoms with Crippen molar-refractivity contribution in [3.05, 3.63) is 23.8 Å². The molecule has 10 atom stereocenters. The van der Waals surface area contributed by atoms with Crippen molar-refractivity contribution in [1.82, 2.24) is 0 Å². The van der Waals surface area contributed by atoms with Gasteiger partial charge in [-0.1, -0.05) is 87.5 Å². The molecule has 2 aliphatic rings. The molecular weight excluding hydrogens is 520 g/mol. The quantitative estimate of drug-likeness (QED) is 0.232. The van der Waals surface area contributed by atoms with Gasteiger partial charge in [-0.15, -0.1) is 0 Å². The van der Waals surface area contributed by atoms with Gasteiger partial charge >= 0.3 is 11.9 Å². The zero-order valence-corrected chi connectivity index (χ0v) is 27.3. The van der Waals surface area contributed by atoms with Crippen molar-refractivity contribution in [3.63, 3.8) is 0 Å². The van der Waals surface area contributed by atoms with Gasteiger partial charge in [-0.25, -0.2) is 0 Å². The summed E-state index contributed by atoms with van der Waals surface area (Å²) in [6, 6.07) is 0. The number of rotatable bonds is 12. The number of esters is 1. The zero-order valence-electron chi connectivity index (χ0n) is 33.3. The lowest BCUT2D eigenvalue weighted by Gasteiger charge is -2.64. The molecule has 7 heteroatoms. The topological polar surface area (TPSA) is 113 Å². The second-order valence-electron chi connectivity index (χ2n) is 13.9. The summed E-state index contributed by atoms with van der Waals surface area (Å²) in [6.45, 7) is 18.7. The number of hydrogen-bond donors (Lipinski definition) is 3. The van der Waals surface area contributed by atoms with E-state index < -0.39 is 88.0 Å². The molecule has 0 aliphatic heterocycles. The molecule has 2 aliphatic carbocycles. The van der Waals surface area contributed by atoms with E-state index in [-0.39, 0.29) is 5.92 Å². The molecule has 0 radical (unpaired) electrons. The fourth-order valence-corrected chi connectivity index (χ4v) is 6.99. The van der Waals surface area contributed by atoms with Crippen molar-refractivity contribution in [2.75, 3.05) is 7.11 Å². The molecule has 0 heterocycles. The Morgan fingerprint density at radius 3 is 2.17 bits per heavy atom. The minimum atomic E-state index is -3.51. The molecule has 0 fully saturated rings. The Hall–Kier alpha value is -1.70. The summed E-state index contributed by atoms with van der Waals surface area (Å²) < 4.78 is 66.9. The van der Waals surface area contributed by atoms with Crippen LogP contribution in [0.2, 0.25) is 0 Å². The number of allylic oxidation sites excluding steroid dienone is 2. The van der Waals surface area contributed by atoms with Crippen molar-refractivity contribution in [2.45, 2.75) is 120 Å². The van der Waals surface area contributed by atoms with Gasteiger partial charge in [0.15, 0.2) is 0 Å². The van der Waals surface area contributed by atoms with E-state index in [1.165, 1.54) is 14.0 Å². The molecule has 7 nitrogen and oxygen atoms in total. The lowest BCUT2D eigenvalue weighted by atomic mass is 9.44. The summed E-state index contributed by atoms with van der Waals surface area (Å²) in [5.74, 6) is -9.81. The van der Waals surface area contributed by atoms with Crippen LogP contribution in [0.25, 0.3) is 0 Å². The van der Waals surface area contributed by atoms with Gasteiger partial charge in [0.1, 0.15) is 5.60 Å². The molecule has 0 aromatic heterocycles. The third kappa shape index (κ3) is 6.19. The van der Waals surface area contributed by atoms with E-state index in [9.17, 15) is 29.0 Å². The van der Waals surface area contributed by atoms with Gasteiger partial charge in [0.2, 0.25) is 0 Å². The first-order valence-corrected chi connectivity index (χ1v) is 14.6. The fraction of sp³-hybridized carbons (Fsp3) is 0.824. The monoisotopic (exact) mass is 584 g/mol. The van der Waals surface area contributed by atoms with Crippen molar-refractivity contribution in [3.8, 4) is 0 Å². The van der Waals surface area contributed by atoms with Crippen LogP contribution in [0.3, 0.4) is 0 Å². The molecule has 0 aromatic carbocycles. The average Bonchev–Trinajstić information content (AvgIpc) is 2.90. The van der Waals surface area contributed by atoms with Crippen molar-refractivity contribution in [2.24, 2.45) is 51.7 Å². The SMILES string of the molecule is [2H]C(C)([C@H]1[C@@H](C)C=CC2=C[C@H](OC)C(C)(C)[C@](C)(OC(=O)[C@@H](C)CC(C)C)[C@@]21C)C([2H])([2H])[C@@]([2H])(O)C(C)(C)[C@@]([2H])(O)C([2H])(C)C(=O)O. The predicted molar refractivity (Wildman–Crippen MR) is 162 cm³/mol. The maximum atomic E-state index is 13.8. The average molecular weight is 585 g/mol. The van der Waals surface area contributed by atoms with Crippen LogP contribution in [0.4, 0.5) is 0 Å². The highest BCUT2D eigenvalue weighted by Gasteiger charge is 2.67. The van der Waals surface area contributed by atoms with E-state index in [0.717, 1.165) is 20.8 Å². The second kappa shape index (κ2) is 12.5. The largest absolute Gasteiger partial charge is 0.481 e. The standard InChI is InChI=1S/C34H58O7/c1-19(2)16-22(5)30(39)41-34(12)32(9,10)26(40-13)18-24-15-14-20(3)27(33(24,34)11)21(4)17-25(35)31(7,8)28(36)23(6)29(37)38/h14-15,18-23,25-28,35-36H,16-17H2,1-13H3,(H,37,38)/t20-,21?,22-,23?,25+,26-,27+,28-,33-,34-/m0/s1/i17D2,21D,23D,25D,28D. The van der Waals surface area contributed by atoms with Gasteiger partial charge in [0.05, 0.1) is 32.8 Å². The molecule has 2 unspecified atom stereocenters. The van der Waals surface area contributed by atoms with Gasteiger partial charge < -0.3 is 24.8 Å². The summed E-state index contributed by atoms with van der Waals surface area (Å²) in [6.07, 6.45) is -4.73. The molecule has 3 N–H and O–H groups in total. The molecule has 236 valence electrons. The number of ether oxygens (including phenoxy) is 2. The molecule has 0 saturated carbocycles. The van der Waals surface area contributed by atoms with Crippen LogP contribution in [0, 0.1) is 51.7 Å². The van der Waals surface area contributed by atoms with Crippen molar-refractivity contribution in [1.29, 1.82) is 0 Å². The van der Waals surface area contributed by atoms with E-state index in [1.54, 1.807) is 33.8 Å². The number of carboxylic acids is 1. The number of carbonyl (C=O) groups excluding carboxylic acids is 1. The van der Waals surface area contributed by atoms with Gasteiger partial charge in [-0.05, 0) is 55.9 Å². The Labute approximate surface area is 257 Å². The Kier molecular flexibility index (Phi) is 8.20. The molecule has 0 saturated heterocycles. The number of hydrogen-bond acceptors (Lipinski definition) is 6. The molecule has 2 rings (SSSR count). The number of fused-ring (bicyclic) bond motifs is 1. The van der Waals surface area contributed by atoms with Crippen LogP contribution in [-0.4, -0.2) is 58.2 Å². The van der Waals surface area contributed by atoms with Gasteiger partial charge in [-0.2, -0.15) is 0 Å². The van der Waals surface area contributed by atoms with Gasteiger partial charge in [-0.3, -0.25) is 9.59 Å². The van der Waals surface area contributed by atoms with Crippen LogP contribution < -0.4 is 0 Å². The lowest BCUT2D eigenvalue weighted by Crippen LogP contribution is -2.68. The summed E-state index contributed by atoms with van der Waals surface area (Å²) in [7, 11) is 1.54. The highest BCUT2D eigenvalue weighted by molar-refractivity contribution is 5.73. The van der Waals surface area contributed by atoms with Crippen LogP contribution >= 0.6 is 0 Å². The van der Waals surface area contributed by atoms with Crippen molar-refractivity contribution < 1.29 is 42.6 Å². The number of aliphatic hydroxyl groups is 2. The highest BCUT2D eigenvalue weighted by atomic mass is 16.6. The Bertz CT molecular complexity index is 1290. The molecule has 0 amide bonds. The molecule has 0 bridgehead atoms. The van der Waals surface area contributed by atoms with Crippen LogP contribution in [0.5, 0.6) is 0 Å². The first kappa shape index (κ1) is 26.9. The Balaban J connectivity index is 2.96. The normalized spacial score (nSPS) is 38.8. The van der Waals surface area contributed by atoms with Crippen LogP contribution in [0.15, 0.2) is 23.8 Å². The highest BCUT2D eigenvalue weighted by Crippen LogP contribution is 2.64. The second-order valence-corrected chi connectivity index (χ2v) is 13.9. The molecule has 0 aromatic rings. The predicted octanol–water partition coefficient (Wildman–Crippen LogP) is 6.28. The van der Waals surface area contributed by atoms with Crippen LogP contribution in [-0.2, 0) is 19.1 Å². The smallest absolute Gasteiger partial charge is 0.309 e. The van der Waals surface area contributed by atoms with E-state index in [0.29, 0.717) is 12.0 Å². The van der Waals surface area contributed by atoms with Gasteiger partial charge in [0, 0.05) is 28.8 Å². The summed E-state index contributed by atoms with van der Waals surface area (Å²) in [4.78, 5) is 25.8. The Morgan fingerprint density at radius 2 is 1.68 bits per heavy atom. The number of aliphatic carboxylic acids is 1. The van der Waals surface area contributed by atoms with Crippen molar-refractivity contribution >= 4 is 11.9 Å². The third-order valence-corrected chi connectivity index (χ3v) is 10.0. The summed E-state index contributed by atoms with van der Waals surface area (Å²) >= 11 is 0. The molecule has 41 heavy (non-hydrogen) atoms. The minimum Gasteiger partial charge on any atom is -0.481 e. The van der Waals surface area contributed by atoms with Crippen LogP contribution in [0.1, 0.15) is 104 Å². The van der Waals surface area contributed by atoms with E-state index in [4.69, 9.17) is 13.6 Å². The maximum Gasteiger partial charge on any atom is 0.309 e. The van der Waals surface area contributed by atoms with Gasteiger partial charge in [0.25, 0.3) is 0 Å². The number of carbonyl (C=O) groups is 2. The first-order valence-electron chi connectivity index (χ1n) is 17.6. The first-order chi connectivity index (χ1) is 20.7. The minimum absolute atomic E-state index is 0.206. The zero-order chi connectivity index (χ0) is 37.4. The van der Waals surface area contributed by atoms with E-state index in [2.05, 4.69) is 0 Å². The number of methoxy groups -OCH3 is 1. The number of carboxylic acid groups (broad SMARTS) is 1.